The number of aliphatic hydroxyl groups is 1. The molecule has 2 rings (SSSR count). The number of anilines is 1. The molecule has 108 valence electrons. The van der Waals surface area contributed by atoms with Crippen molar-refractivity contribution in [1.82, 2.24) is 4.98 Å². The molecule has 0 aromatic carbocycles. The van der Waals surface area contributed by atoms with E-state index in [9.17, 15) is 4.79 Å². The molecular formula is C16H16N2O2S. The summed E-state index contributed by atoms with van der Waals surface area (Å²) in [5, 5.41) is 13.2. The number of carbonyl (C=O) groups excluding carboxylic acids is 1. The van der Waals surface area contributed by atoms with Gasteiger partial charge in [0.25, 0.3) is 5.91 Å². The summed E-state index contributed by atoms with van der Waals surface area (Å²) in [5.41, 5.74) is 2.49. The van der Waals surface area contributed by atoms with Gasteiger partial charge in [-0.2, -0.15) is 0 Å². The van der Waals surface area contributed by atoms with Crippen molar-refractivity contribution in [3.8, 4) is 11.8 Å². The molecule has 0 aliphatic rings. The molecule has 2 aromatic rings. The molecule has 1 amide bonds. The summed E-state index contributed by atoms with van der Waals surface area (Å²) < 4.78 is 0. The third-order valence-corrected chi connectivity index (χ3v) is 3.50. The second-order valence-corrected chi connectivity index (χ2v) is 5.51. The maximum absolute atomic E-state index is 12.1. The van der Waals surface area contributed by atoms with E-state index in [-0.39, 0.29) is 12.5 Å². The number of hydrogen-bond donors (Lipinski definition) is 2. The van der Waals surface area contributed by atoms with Gasteiger partial charge in [0.2, 0.25) is 0 Å². The van der Waals surface area contributed by atoms with Gasteiger partial charge in [0.05, 0.1) is 17.0 Å². The maximum Gasteiger partial charge on any atom is 0.257 e. The van der Waals surface area contributed by atoms with E-state index < -0.39 is 0 Å². The van der Waals surface area contributed by atoms with Crippen molar-refractivity contribution in [2.75, 3.05) is 11.9 Å². The molecule has 0 saturated carbocycles. The van der Waals surface area contributed by atoms with Crippen LogP contribution in [0.1, 0.15) is 32.9 Å². The van der Waals surface area contributed by atoms with Gasteiger partial charge in [0, 0.05) is 17.5 Å². The van der Waals surface area contributed by atoms with E-state index in [4.69, 9.17) is 5.11 Å². The first kappa shape index (κ1) is 15.2. The van der Waals surface area contributed by atoms with Crippen molar-refractivity contribution in [3.63, 3.8) is 0 Å². The highest BCUT2D eigenvalue weighted by Crippen LogP contribution is 2.16. The lowest BCUT2D eigenvalue weighted by Crippen LogP contribution is -2.12. The fourth-order valence-electron chi connectivity index (χ4n) is 1.82. The van der Waals surface area contributed by atoms with E-state index in [2.05, 4.69) is 22.1 Å². The van der Waals surface area contributed by atoms with Crippen LogP contribution in [0.5, 0.6) is 0 Å². The third kappa shape index (κ3) is 4.42. The van der Waals surface area contributed by atoms with Crippen LogP contribution in [0.15, 0.2) is 23.6 Å². The molecule has 0 aliphatic carbocycles. The van der Waals surface area contributed by atoms with Crippen molar-refractivity contribution in [1.29, 1.82) is 0 Å². The number of pyridine rings is 1. The number of aryl methyl sites for hydroxylation is 2. The minimum atomic E-state index is -0.195. The number of hydrogen-bond acceptors (Lipinski definition) is 4. The van der Waals surface area contributed by atoms with Crippen molar-refractivity contribution in [3.05, 3.63) is 45.3 Å². The molecule has 4 nitrogen and oxygen atoms in total. The largest absolute Gasteiger partial charge is 0.395 e. The summed E-state index contributed by atoms with van der Waals surface area (Å²) in [5.74, 6) is 6.11. The van der Waals surface area contributed by atoms with Crippen LogP contribution in [-0.4, -0.2) is 22.6 Å². The first-order valence-corrected chi connectivity index (χ1v) is 7.41. The highest BCUT2D eigenvalue weighted by Gasteiger charge is 2.09. The molecular weight excluding hydrogens is 284 g/mol. The van der Waals surface area contributed by atoms with Crippen molar-refractivity contribution in [2.24, 2.45) is 0 Å². The molecule has 2 heterocycles. The zero-order valence-corrected chi connectivity index (χ0v) is 12.8. The first-order chi connectivity index (χ1) is 10.1. The van der Waals surface area contributed by atoms with Crippen LogP contribution in [-0.2, 0) is 0 Å². The van der Waals surface area contributed by atoms with Gasteiger partial charge in [0.15, 0.2) is 0 Å². The Bertz CT molecular complexity index is 690. The molecule has 0 saturated heterocycles. The molecule has 0 unspecified atom stereocenters. The summed E-state index contributed by atoms with van der Waals surface area (Å²) in [6.07, 6.45) is 0.436. The Kier molecular flexibility index (Phi) is 5.09. The Labute approximate surface area is 127 Å². The number of amides is 1. The Morgan fingerprint density at radius 3 is 2.90 bits per heavy atom. The Hall–Kier alpha value is -2.16. The van der Waals surface area contributed by atoms with Gasteiger partial charge in [-0.25, -0.2) is 4.98 Å². The second kappa shape index (κ2) is 7.02. The quantitative estimate of drug-likeness (QED) is 0.857. The van der Waals surface area contributed by atoms with E-state index in [1.54, 1.807) is 11.4 Å². The summed E-state index contributed by atoms with van der Waals surface area (Å²) in [6.45, 7) is 3.90. The summed E-state index contributed by atoms with van der Waals surface area (Å²) in [4.78, 5) is 17.2. The normalized spacial score (nSPS) is 9.86. The average molecular weight is 300 g/mol. The van der Waals surface area contributed by atoms with Crippen LogP contribution in [0.3, 0.4) is 0 Å². The number of aromatic nitrogens is 1. The SMILES string of the molecule is Cc1cc(C)nc(NC(=O)c2csc(C#CCCO)c2)c1. The summed E-state index contributed by atoms with van der Waals surface area (Å²) in [6, 6.07) is 5.53. The van der Waals surface area contributed by atoms with Crippen LogP contribution in [0.25, 0.3) is 0 Å². The lowest BCUT2D eigenvalue weighted by atomic mass is 10.2. The fourth-order valence-corrected chi connectivity index (χ4v) is 2.58. The summed E-state index contributed by atoms with van der Waals surface area (Å²) >= 11 is 1.41. The smallest absolute Gasteiger partial charge is 0.257 e. The van der Waals surface area contributed by atoms with E-state index in [0.29, 0.717) is 17.8 Å². The zero-order valence-electron chi connectivity index (χ0n) is 11.9. The molecule has 0 bridgehead atoms. The van der Waals surface area contributed by atoms with Crippen LogP contribution in [0.2, 0.25) is 0 Å². The van der Waals surface area contributed by atoms with Crippen LogP contribution in [0.4, 0.5) is 5.82 Å². The lowest BCUT2D eigenvalue weighted by molar-refractivity contribution is 0.102. The van der Waals surface area contributed by atoms with Crippen molar-refractivity contribution < 1.29 is 9.90 Å². The van der Waals surface area contributed by atoms with Gasteiger partial charge >= 0.3 is 0 Å². The van der Waals surface area contributed by atoms with E-state index in [1.807, 2.05) is 26.0 Å². The fraction of sp³-hybridized carbons (Fsp3) is 0.250. The van der Waals surface area contributed by atoms with Gasteiger partial charge in [-0.05, 0) is 37.6 Å². The van der Waals surface area contributed by atoms with Gasteiger partial charge in [-0.1, -0.05) is 11.8 Å². The molecule has 0 aliphatic heterocycles. The van der Waals surface area contributed by atoms with Gasteiger partial charge < -0.3 is 10.4 Å². The molecule has 0 atom stereocenters. The number of thiophene rings is 1. The molecule has 0 fully saturated rings. The molecule has 2 N–H and O–H groups in total. The highest BCUT2D eigenvalue weighted by molar-refractivity contribution is 7.10. The Balaban J connectivity index is 2.09. The number of carbonyl (C=O) groups is 1. The molecule has 2 aromatic heterocycles. The van der Waals surface area contributed by atoms with Crippen LogP contribution in [0, 0.1) is 25.7 Å². The minimum Gasteiger partial charge on any atom is -0.395 e. The van der Waals surface area contributed by atoms with Crippen molar-refractivity contribution in [2.45, 2.75) is 20.3 Å². The maximum atomic E-state index is 12.1. The van der Waals surface area contributed by atoms with E-state index >= 15 is 0 Å². The molecule has 0 radical (unpaired) electrons. The number of aliphatic hydroxyl groups excluding tert-OH is 1. The zero-order chi connectivity index (χ0) is 15.2. The minimum absolute atomic E-state index is 0.0457. The molecule has 0 spiro atoms. The molecule has 5 heteroatoms. The van der Waals surface area contributed by atoms with Crippen LogP contribution >= 0.6 is 11.3 Å². The lowest BCUT2D eigenvalue weighted by Gasteiger charge is -2.05. The summed E-state index contributed by atoms with van der Waals surface area (Å²) in [7, 11) is 0. The predicted molar refractivity (Wildman–Crippen MR) is 84.6 cm³/mol. The van der Waals surface area contributed by atoms with Gasteiger partial charge in [-0.3, -0.25) is 4.79 Å². The number of nitrogens with one attached hydrogen (secondary N) is 1. The monoisotopic (exact) mass is 300 g/mol. The Morgan fingerprint density at radius 1 is 1.38 bits per heavy atom. The third-order valence-electron chi connectivity index (χ3n) is 2.65. The number of nitrogens with zero attached hydrogens (tertiary/aromatic N) is 1. The van der Waals surface area contributed by atoms with Gasteiger partial charge in [0.1, 0.15) is 5.82 Å². The van der Waals surface area contributed by atoms with Crippen LogP contribution < -0.4 is 5.32 Å². The van der Waals surface area contributed by atoms with E-state index in [0.717, 1.165) is 16.1 Å². The number of rotatable bonds is 3. The topological polar surface area (TPSA) is 62.2 Å². The Morgan fingerprint density at radius 2 is 2.19 bits per heavy atom. The van der Waals surface area contributed by atoms with E-state index in [1.165, 1.54) is 11.3 Å². The van der Waals surface area contributed by atoms with Gasteiger partial charge in [-0.15, -0.1) is 11.3 Å². The first-order valence-electron chi connectivity index (χ1n) is 6.53. The van der Waals surface area contributed by atoms with Crippen molar-refractivity contribution >= 4 is 23.1 Å². The molecule has 21 heavy (non-hydrogen) atoms. The predicted octanol–water partition coefficient (Wildman–Crippen LogP) is 2.75. The highest BCUT2D eigenvalue weighted by atomic mass is 32.1. The standard InChI is InChI=1S/C16H16N2O2S/c1-11-7-12(2)17-15(8-11)18-16(20)13-9-14(21-10-13)5-3-4-6-19/h7-10,19H,4,6H2,1-2H3,(H,17,18,20). The average Bonchev–Trinajstić information content (AvgIpc) is 2.86. The second-order valence-electron chi connectivity index (χ2n) is 4.60.